The van der Waals surface area contributed by atoms with E-state index in [0.29, 0.717) is 22.6 Å². The lowest BCUT2D eigenvalue weighted by atomic mass is 10.0. The van der Waals surface area contributed by atoms with Gasteiger partial charge in [0.05, 0.1) is 11.3 Å². The van der Waals surface area contributed by atoms with Crippen LogP contribution in [0, 0.1) is 12.7 Å². The van der Waals surface area contributed by atoms with Gasteiger partial charge in [-0.05, 0) is 60.5 Å². The highest BCUT2D eigenvalue weighted by Crippen LogP contribution is 2.34. The van der Waals surface area contributed by atoms with Gasteiger partial charge in [0.1, 0.15) is 11.5 Å². The average molecular weight is 429 g/mol. The summed E-state index contributed by atoms with van der Waals surface area (Å²) in [4.78, 5) is 39.2. The van der Waals surface area contributed by atoms with Gasteiger partial charge in [-0.15, -0.1) is 0 Å². The Hall–Kier alpha value is -4.26. The van der Waals surface area contributed by atoms with Crippen LogP contribution in [0.5, 0.6) is 0 Å². The van der Waals surface area contributed by atoms with Crippen molar-refractivity contribution in [2.45, 2.75) is 13.8 Å². The lowest BCUT2D eigenvalue weighted by Crippen LogP contribution is -2.32. The van der Waals surface area contributed by atoms with Gasteiger partial charge in [0.15, 0.2) is 0 Å². The smallest absolute Gasteiger partial charge is 0.282 e. The molecule has 0 spiro atoms. The first-order chi connectivity index (χ1) is 15.3. The molecule has 3 aromatic carbocycles. The van der Waals surface area contributed by atoms with Crippen LogP contribution in [0.15, 0.2) is 78.5 Å². The van der Waals surface area contributed by atoms with Crippen molar-refractivity contribution in [3.63, 3.8) is 0 Å². The highest BCUT2D eigenvalue weighted by molar-refractivity contribution is 6.46. The van der Waals surface area contributed by atoms with E-state index in [1.807, 2.05) is 13.0 Å². The minimum absolute atomic E-state index is 0.0504. The molecule has 3 amide bonds. The molecule has 32 heavy (non-hydrogen) atoms. The number of aryl methyl sites for hydroxylation is 1. The summed E-state index contributed by atoms with van der Waals surface area (Å²) in [6, 6.07) is 19.3. The number of amides is 3. The van der Waals surface area contributed by atoms with Gasteiger partial charge in [-0.3, -0.25) is 14.4 Å². The zero-order chi connectivity index (χ0) is 22.8. The van der Waals surface area contributed by atoms with E-state index in [2.05, 4.69) is 10.6 Å². The summed E-state index contributed by atoms with van der Waals surface area (Å²) < 4.78 is 13.7. The molecule has 3 aromatic rings. The Bertz CT molecular complexity index is 1270. The van der Waals surface area contributed by atoms with Crippen molar-refractivity contribution in [3.05, 3.63) is 95.4 Å². The molecule has 4 rings (SSSR count). The molecular formula is C25H20FN3O3. The molecule has 2 N–H and O–H groups in total. The Morgan fingerprint density at radius 2 is 1.59 bits per heavy atom. The van der Waals surface area contributed by atoms with Gasteiger partial charge in [-0.1, -0.05) is 30.3 Å². The van der Waals surface area contributed by atoms with Crippen LogP contribution in [-0.4, -0.2) is 17.7 Å². The maximum atomic E-state index is 13.7. The van der Waals surface area contributed by atoms with Crippen molar-refractivity contribution in [1.29, 1.82) is 0 Å². The first kappa shape index (κ1) is 21.0. The zero-order valence-corrected chi connectivity index (χ0v) is 17.5. The third-order valence-electron chi connectivity index (χ3n) is 4.93. The molecule has 160 valence electrons. The van der Waals surface area contributed by atoms with Crippen LogP contribution in [0.1, 0.15) is 18.1 Å². The number of rotatable bonds is 5. The SMILES string of the molecule is CC(=O)Nc1ccc(C2=C(Nc3cccc(F)c3)C(=O)N(c3cccc(C)c3)C2=O)cc1. The van der Waals surface area contributed by atoms with Crippen LogP contribution < -0.4 is 15.5 Å². The number of carbonyl (C=O) groups is 3. The van der Waals surface area contributed by atoms with Crippen LogP contribution in [-0.2, 0) is 14.4 Å². The fraction of sp³-hybridized carbons (Fsp3) is 0.0800. The molecule has 0 bridgehead atoms. The van der Waals surface area contributed by atoms with Crippen LogP contribution >= 0.6 is 0 Å². The van der Waals surface area contributed by atoms with E-state index in [-0.39, 0.29) is 17.2 Å². The topological polar surface area (TPSA) is 78.5 Å². The Morgan fingerprint density at radius 1 is 0.875 bits per heavy atom. The molecule has 0 fully saturated rings. The monoisotopic (exact) mass is 429 g/mol. The summed E-state index contributed by atoms with van der Waals surface area (Å²) in [6.45, 7) is 3.27. The molecule has 0 aliphatic carbocycles. The third-order valence-corrected chi connectivity index (χ3v) is 4.93. The highest BCUT2D eigenvalue weighted by Gasteiger charge is 2.40. The van der Waals surface area contributed by atoms with E-state index in [1.54, 1.807) is 48.5 Å². The molecule has 0 atom stereocenters. The second-order valence-corrected chi connectivity index (χ2v) is 7.43. The number of carbonyl (C=O) groups excluding carboxylic acids is 3. The number of nitrogens with zero attached hydrogens (tertiary/aromatic N) is 1. The van der Waals surface area contributed by atoms with Crippen molar-refractivity contribution in [1.82, 2.24) is 0 Å². The Balaban J connectivity index is 1.79. The molecule has 1 heterocycles. The number of benzene rings is 3. The van der Waals surface area contributed by atoms with Crippen molar-refractivity contribution in [2.24, 2.45) is 0 Å². The number of nitrogens with one attached hydrogen (secondary N) is 2. The summed E-state index contributed by atoms with van der Waals surface area (Å²) >= 11 is 0. The normalized spacial score (nSPS) is 13.5. The van der Waals surface area contributed by atoms with Gasteiger partial charge in [0.2, 0.25) is 5.91 Å². The van der Waals surface area contributed by atoms with E-state index in [9.17, 15) is 18.8 Å². The Kier molecular flexibility index (Phi) is 5.55. The third kappa shape index (κ3) is 4.13. The number of hydrogen-bond acceptors (Lipinski definition) is 4. The number of imide groups is 1. The molecule has 0 saturated carbocycles. The standard InChI is InChI=1S/C25H20FN3O3/c1-15-5-3-8-21(13-15)29-24(31)22(17-9-11-19(12-10-17)27-16(2)30)23(25(29)32)28-20-7-4-6-18(26)14-20/h3-14,28H,1-2H3,(H,27,30). The minimum Gasteiger partial charge on any atom is -0.350 e. The quantitative estimate of drug-likeness (QED) is 0.586. The van der Waals surface area contributed by atoms with Gasteiger partial charge in [-0.25, -0.2) is 9.29 Å². The van der Waals surface area contributed by atoms with Crippen molar-refractivity contribution < 1.29 is 18.8 Å². The second-order valence-electron chi connectivity index (χ2n) is 7.43. The van der Waals surface area contributed by atoms with Crippen LogP contribution in [0.2, 0.25) is 0 Å². The van der Waals surface area contributed by atoms with E-state index >= 15 is 0 Å². The molecule has 0 radical (unpaired) electrons. The molecule has 0 saturated heterocycles. The minimum atomic E-state index is -0.536. The predicted octanol–water partition coefficient (Wildman–Crippen LogP) is 4.49. The molecule has 1 aliphatic heterocycles. The number of hydrogen-bond donors (Lipinski definition) is 2. The maximum Gasteiger partial charge on any atom is 0.282 e. The number of halogens is 1. The summed E-state index contributed by atoms with van der Waals surface area (Å²) in [5.74, 6) is -1.72. The van der Waals surface area contributed by atoms with Crippen molar-refractivity contribution >= 4 is 40.4 Å². The summed E-state index contributed by atoms with van der Waals surface area (Å²) in [5, 5.41) is 5.60. The zero-order valence-electron chi connectivity index (χ0n) is 17.5. The summed E-state index contributed by atoms with van der Waals surface area (Å²) in [7, 11) is 0. The lowest BCUT2D eigenvalue weighted by Gasteiger charge is -2.16. The van der Waals surface area contributed by atoms with E-state index in [0.717, 1.165) is 10.5 Å². The average Bonchev–Trinajstić information content (AvgIpc) is 2.98. The van der Waals surface area contributed by atoms with Gasteiger partial charge in [0, 0.05) is 18.3 Å². The Labute approximate surface area is 184 Å². The van der Waals surface area contributed by atoms with Gasteiger partial charge < -0.3 is 10.6 Å². The molecular weight excluding hydrogens is 409 g/mol. The molecule has 7 heteroatoms. The molecule has 0 aromatic heterocycles. The van der Waals surface area contributed by atoms with Crippen molar-refractivity contribution in [3.8, 4) is 0 Å². The molecule has 1 aliphatic rings. The fourth-order valence-corrected chi connectivity index (χ4v) is 3.55. The summed E-state index contributed by atoms with van der Waals surface area (Å²) in [5.41, 5.74) is 2.96. The number of anilines is 3. The fourth-order valence-electron chi connectivity index (χ4n) is 3.55. The van der Waals surface area contributed by atoms with E-state index < -0.39 is 17.6 Å². The molecule has 0 unspecified atom stereocenters. The van der Waals surface area contributed by atoms with E-state index in [1.165, 1.54) is 25.1 Å². The first-order valence-corrected chi connectivity index (χ1v) is 9.94. The lowest BCUT2D eigenvalue weighted by molar-refractivity contribution is -0.120. The van der Waals surface area contributed by atoms with Crippen LogP contribution in [0.4, 0.5) is 21.5 Å². The van der Waals surface area contributed by atoms with Crippen LogP contribution in [0.3, 0.4) is 0 Å². The first-order valence-electron chi connectivity index (χ1n) is 9.94. The largest absolute Gasteiger partial charge is 0.350 e. The second kappa shape index (κ2) is 8.47. The molecule has 6 nitrogen and oxygen atoms in total. The van der Waals surface area contributed by atoms with Gasteiger partial charge in [0.25, 0.3) is 11.8 Å². The van der Waals surface area contributed by atoms with Crippen molar-refractivity contribution in [2.75, 3.05) is 15.5 Å². The van der Waals surface area contributed by atoms with Gasteiger partial charge >= 0.3 is 0 Å². The Morgan fingerprint density at radius 3 is 2.25 bits per heavy atom. The maximum absolute atomic E-state index is 13.7. The van der Waals surface area contributed by atoms with Crippen LogP contribution in [0.25, 0.3) is 5.57 Å². The predicted molar refractivity (Wildman–Crippen MR) is 121 cm³/mol. The summed E-state index contributed by atoms with van der Waals surface area (Å²) in [6.07, 6.45) is 0. The van der Waals surface area contributed by atoms with Gasteiger partial charge in [-0.2, -0.15) is 0 Å². The highest BCUT2D eigenvalue weighted by atomic mass is 19.1. The van der Waals surface area contributed by atoms with E-state index in [4.69, 9.17) is 0 Å².